The van der Waals surface area contributed by atoms with Gasteiger partial charge in [0, 0.05) is 6.54 Å². The average molecular weight is 264 g/mol. The van der Waals surface area contributed by atoms with Gasteiger partial charge in [-0.25, -0.2) is 0 Å². The lowest BCUT2D eigenvalue weighted by Crippen LogP contribution is -2.46. The lowest BCUT2D eigenvalue weighted by Gasteiger charge is -2.23. The highest BCUT2D eigenvalue weighted by Crippen LogP contribution is 2.03. The molecule has 0 aliphatic heterocycles. The van der Waals surface area contributed by atoms with Crippen molar-refractivity contribution in [2.24, 2.45) is 5.10 Å². The summed E-state index contributed by atoms with van der Waals surface area (Å²) in [4.78, 5) is 0. The van der Waals surface area contributed by atoms with Crippen molar-refractivity contribution in [3.8, 4) is 0 Å². The highest BCUT2D eigenvalue weighted by atomic mass is 16.4. The van der Waals surface area contributed by atoms with E-state index in [1.165, 1.54) is 0 Å². The van der Waals surface area contributed by atoms with Crippen molar-refractivity contribution in [2.45, 2.75) is 50.6 Å². The summed E-state index contributed by atoms with van der Waals surface area (Å²) in [5, 5.41) is 49.6. The Morgan fingerprint density at radius 1 is 1.11 bits per heavy atom. The molecule has 6 N–H and O–H groups in total. The van der Waals surface area contributed by atoms with Gasteiger partial charge in [-0.15, -0.1) is 0 Å². The van der Waals surface area contributed by atoms with Crippen LogP contribution in [0.25, 0.3) is 0 Å². The number of hydrazone groups is 1. The topological polar surface area (TPSA) is 126 Å². The Morgan fingerprint density at radius 3 is 2.33 bits per heavy atom. The summed E-state index contributed by atoms with van der Waals surface area (Å²) in [6, 6.07) is 0. The van der Waals surface area contributed by atoms with Crippen LogP contribution in [0, 0.1) is 0 Å². The Morgan fingerprint density at radius 2 is 1.78 bits per heavy atom. The number of nitrogens with one attached hydrogen (secondary N) is 1. The van der Waals surface area contributed by atoms with E-state index in [1.807, 2.05) is 0 Å². The maximum atomic E-state index is 9.44. The van der Waals surface area contributed by atoms with E-state index in [-0.39, 0.29) is 0 Å². The molecule has 0 fully saturated rings. The quantitative estimate of drug-likeness (QED) is 0.157. The van der Waals surface area contributed by atoms with Gasteiger partial charge in [-0.2, -0.15) is 5.10 Å². The molecule has 0 amide bonds. The molecule has 0 aliphatic rings. The Hall–Kier alpha value is -0.730. The van der Waals surface area contributed by atoms with E-state index < -0.39 is 31.0 Å². The molecule has 7 nitrogen and oxygen atoms in total. The van der Waals surface area contributed by atoms with Crippen LogP contribution in [0.3, 0.4) is 0 Å². The Balaban J connectivity index is 3.92. The standard InChI is InChI=1S/C11H24N2O5/c1-2-3-4-5-12-13-6-8(15)10(17)11(18)9(16)7-14/h6,8-12,14-18H,2-5,7H2,1H3/b13-6+/t8-,9+,10+,11-/m0/s1. The smallest absolute Gasteiger partial charge is 0.119 e. The largest absolute Gasteiger partial charge is 0.394 e. The summed E-state index contributed by atoms with van der Waals surface area (Å²) in [5.41, 5.74) is 2.69. The fourth-order valence-corrected chi connectivity index (χ4v) is 1.27. The predicted molar refractivity (Wildman–Crippen MR) is 67.1 cm³/mol. The number of hydrogen-bond acceptors (Lipinski definition) is 7. The Kier molecular flexibility index (Phi) is 9.80. The molecular formula is C11H24N2O5. The van der Waals surface area contributed by atoms with Crippen LogP contribution in [0.5, 0.6) is 0 Å². The monoisotopic (exact) mass is 264 g/mol. The van der Waals surface area contributed by atoms with Gasteiger partial charge in [-0.3, -0.25) is 0 Å². The molecule has 0 aliphatic carbocycles. The van der Waals surface area contributed by atoms with Gasteiger partial charge in [0.2, 0.25) is 0 Å². The zero-order chi connectivity index (χ0) is 14.0. The van der Waals surface area contributed by atoms with E-state index in [4.69, 9.17) is 10.2 Å². The number of rotatable bonds is 10. The summed E-state index contributed by atoms with van der Waals surface area (Å²) in [6.45, 7) is 2.05. The Labute approximate surface area is 107 Å². The van der Waals surface area contributed by atoms with Crippen LogP contribution >= 0.6 is 0 Å². The third-order valence-electron chi connectivity index (χ3n) is 2.49. The van der Waals surface area contributed by atoms with E-state index in [0.29, 0.717) is 6.54 Å². The van der Waals surface area contributed by atoms with Gasteiger partial charge in [-0.1, -0.05) is 19.8 Å². The summed E-state index contributed by atoms with van der Waals surface area (Å²) in [7, 11) is 0. The molecule has 0 aromatic rings. The van der Waals surface area contributed by atoms with Gasteiger partial charge in [0.25, 0.3) is 0 Å². The number of aliphatic hydroxyl groups is 5. The minimum absolute atomic E-state index is 0.662. The van der Waals surface area contributed by atoms with Crippen molar-refractivity contribution in [2.75, 3.05) is 13.2 Å². The highest BCUT2D eigenvalue weighted by Gasteiger charge is 2.28. The first kappa shape index (κ1) is 17.3. The van der Waals surface area contributed by atoms with Gasteiger partial charge >= 0.3 is 0 Å². The van der Waals surface area contributed by atoms with Crippen molar-refractivity contribution in [3.63, 3.8) is 0 Å². The summed E-state index contributed by atoms with van der Waals surface area (Å²) in [5.74, 6) is 0. The third kappa shape index (κ3) is 6.87. The molecular weight excluding hydrogens is 240 g/mol. The van der Waals surface area contributed by atoms with E-state index in [1.54, 1.807) is 0 Å². The van der Waals surface area contributed by atoms with Crippen LogP contribution < -0.4 is 5.43 Å². The second-order valence-electron chi connectivity index (χ2n) is 4.12. The van der Waals surface area contributed by atoms with Crippen molar-refractivity contribution < 1.29 is 25.5 Å². The molecule has 0 spiro atoms. The number of aliphatic hydroxyl groups excluding tert-OH is 5. The van der Waals surface area contributed by atoms with Gasteiger partial charge in [-0.05, 0) is 6.42 Å². The second kappa shape index (κ2) is 10.2. The summed E-state index contributed by atoms with van der Waals surface area (Å²) >= 11 is 0. The molecule has 18 heavy (non-hydrogen) atoms. The van der Waals surface area contributed by atoms with Gasteiger partial charge in [0.15, 0.2) is 0 Å². The number of nitrogens with zero attached hydrogens (tertiary/aromatic N) is 1. The van der Waals surface area contributed by atoms with Crippen LogP contribution in [0.2, 0.25) is 0 Å². The maximum Gasteiger partial charge on any atom is 0.119 e. The average Bonchev–Trinajstić information content (AvgIpc) is 2.39. The molecule has 0 aromatic carbocycles. The van der Waals surface area contributed by atoms with Crippen LogP contribution in [-0.4, -0.2) is 69.3 Å². The fourth-order valence-electron chi connectivity index (χ4n) is 1.27. The van der Waals surface area contributed by atoms with E-state index in [2.05, 4.69) is 17.5 Å². The van der Waals surface area contributed by atoms with Crippen LogP contribution in [-0.2, 0) is 0 Å². The lowest BCUT2D eigenvalue weighted by atomic mass is 10.0. The molecule has 0 saturated heterocycles. The predicted octanol–water partition coefficient (Wildman–Crippen LogP) is -1.81. The third-order valence-corrected chi connectivity index (χ3v) is 2.49. The minimum atomic E-state index is -1.63. The minimum Gasteiger partial charge on any atom is -0.394 e. The SMILES string of the molecule is CCCCCN/N=C/[C@H](O)[C@@H](O)[C@@H](O)[C@H](O)CO. The van der Waals surface area contributed by atoms with Gasteiger partial charge < -0.3 is 31.0 Å². The maximum absolute atomic E-state index is 9.44. The first-order valence-electron chi connectivity index (χ1n) is 6.13. The summed E-state index contributed by atoms with van der Waals surface area (Å²) in [6.07, 6.45) is -1.97. The molecule has 0 heterocycles. The van der Waals surface area contributed by atoms with Crippen LogP contribution in [0.15, 0.2) is 5.10 Å². The first-order valence-corrected chi connectivity index (χ1v) is 6.13. The zero-order valence-electron chi connectivity index (χ0n) is 10.6. The zero-order valence-corrected chi connectivity index (χ0v) is 10.6. The fraction of sp³-hybridized carbons (Fsp3) is 0.909. The lowest BCUT2D eigenvalue weighted by molar-refractivity contribution is -0.1000. The van der Waals surface area contributed by atoms with E-state index >= 15 is 0 Å². The van der Waals surface area contributed by atoms with Crippen molar-refractivity contribution in [1.29, 1.82) is 0 Å². The summed E-state index contributed by atoms with van der Waals surface area (Å²) < 4.78 is 0. The molecule has 0 radical (unpaired) electrons. The first-order chi connectivity index (χ1) is 8.54. The second-order valence-corrected chi connectivity index (χ2v) is 4.12. The van der Waals surface area contributed by atoms with Gasteiger partial charge in [0.05, 0.1) is 12.8 Å². The molecule has 4 atom stereocenters. The van der Waals surface area contributed by atoms with Crippen molar-refractivity contribution >= 4 is 6.21 Å². The van der Waals surface area contributed by atoms with Crippen molar-refractivity contribution in [3.05, 3.63) is 0 Å². The molecule has 0 unspecified atom stereocenters. The molecule has 0 rings (SSSR count). The highest BCUT2D eigenvalue weighted by molar-refractivity contribution is 5.63. The van der Waals surface area contributed by atoms with Gasteiger partial charge in [0.1, 0.15) is 24.4 Å². The number of unbranched alkanes of at least 4 members (excludes halogenated alkanes) is 2. The number of hydrogen-bond donors (Lipinski definition) is 6. The molecule has 7 heteroatoms. The van der Waals surface area contributed by atoms with Crippen molar-refractivity contribution in [1.82, 2.24) is 5.43 Å². The van der Waals surface area contributed by atoms with E-state index in [0.717, 1.165) is 25.5 Å². The van der Waals surface area contributed by atoms with E-state index in [9.17, 15) is 15.3 Å². The Bertz CT molecular complexity index is 227. The molecule has 0 saturated carbocycles. The molecule has 108 valence electrons. The van der Waals surface area contributed by atoms with Crippen LogP contribution in [0.4, 0.5) is 0 Å². The molecule has 0 aromatic heterocycles. The van der Waals surface area contributed by atoms with Crippen LogP contribution in [0.1, 0.15) is 26.2 Å². The molecule has 0 bridgehead atoms. The normalized spacial score (nSPS) is 18.6.